The Balaban J connectivity index is 2.84. The van der Waals surface area contributed by atoms with E-state index in [4.69, 9.17) is 10.2 Å². The first-order chi connectivity index (χ1) is 9.10. The van der Waals surface area contributed by atoms with Crippen LogP contribution in [0.3, 0.4) is 0 Å². The molecule has 1 heterocycles. The number of furan rings is 1. The number of hydrogen-bond acceptors (Lipinski definition) is 4. The van der Waals surface area contributed by atoms with Crippen LogP contribution in [0.2, 0.25) is 0 Å². The van der Waals surface area contributed by atoms with E-state index in [0.717, 1.165) is 38.2 Å². The van der Waals surface area contributed by atoms with Gasteiger partial charge < -0.3 is 15.1 Å². The molecule has 2 atom stereocenters. The highest BCUT2D eigenvalue weighted by Gasteiger charge is 2.27. The Labute approximate surface area is 117 Å². The van der Waals surface area contributed by atoms with Gasteiger partial charge in [-0.05, 0) is 45.6 Å². The molecule has 1 aromatic heterocycles. The highest BCUT2D eigenvalue weighted by atomic mass is 16.3. The Bertz CT molecular complexity index is 324. The second-order valence-corrected chi connectivity index (χ2v) is 5.37. The Morgan fingerprint density at radius 2 is 1.95 bits per heavy atom. The smallest absolute Gasteiger partial charge is 0.122 e. The zero-order chi connectivity index (χ0) is 14.3. The van der Waals surface area contributed by atoms with Crippen LogP contribution in [0.5, 0.6) is 0 Å². The third kappa shape index (κ3) is 4.97. The fourth-order valence-corrected chi connectivity index (χ4v) is 2.35. The van der Waals surface area contributed by atoms with Crippen LogP contribution < -0.4 is 5.73 Å². The van der Waals surface area contributed by atoms with Crippen LogP contribution >= 0.6 is 0 Å². The SMILES string of the molecule is CCCN(CCN(C)C)C(c1ccco1)C(N)CC. The number of nitrogens with zero attached hydrogens (tertiary/aromatic N) is 2. The summed E-state index contributed by atoms with van der Waals surface area (Å²) < 4.78 is 5.62. The zero-order valence-corrected chi connectivity index (χ0v) is 12.8. The summed E-state index contributed by atoms with van der Waals surface area (Å²) in [6.07, 6.45) is 3.81. The lowest BCUT2D eigenvalue weighted by molar-refractivity contribution is 0.136. The lowest BCUT2D eigenvalue weighted by Crippen LogP contribution is -2.43. The summed E-state index contributed by atoms with van der Waals surface area (Å²) in [6.45, 7) is 7.44. The predicted octanol–water partition coefficient (Wildman–Crippen LogP) is 2.33. The summed E-state index contributed by atoms with van der Waals surface area (Å²) in [4.78, 5) is 4.66. The van der Waals surface area contributed by atoms with Gasteiger partial charge in [-0.2, -0.15) is 0 Å². The van der Waals surface area contributed by atoms with Gasteiger partial charge in [0, 0.05) is 19.1 Å². The maximum Gasteiger partial charge on any atom is 0.122 e. The lowest BCUT2D eigenvalue weighted by Gasteiger charge is -2.34. The summed E-state index contributed by atoms with van der Waals surface area (Å²) in [6, 6.07) is 4.28. The van der Waals surface area contributed by atoms with E-state index >= 15 is 0 Å². The molecule has 110 valence electrons. The van der Waals surface area contributed by atoms with Crippen molar-refractivity contribution in [3.05, 3.63) is 24.2 Å². The minimum atomic E-state index is 0.111. The molecule has 0 radical (unpaired) electrons. The van der Waals surface area contributed by atoms with Crippen LogP contribution in [-0.4, -0.2) is 49.6 Å². The highest BCUT2D eigenvalue weighted by molar-refractivity contribution is 5.08. The third-order valence-electron chi connectivity index (χ3n) is 3.45. The molecule has 0 fully saturated rings. The molecule has 0 aromatic carbocycles. The van der Waals surface area contributed by atoms with Crippen LogP contribution in [0.25, 0.3) is 0 Å². The molecule has 19 heavy (non-hydrogen) atoms. The second-order valence-electron chi connectivity index (χ2n) is 5.37. The van der Waals surface area contributed by atoms with Crippen molar-refractivity contribution < 1.29 is 4.42 Å². The summed E-state index contributed by atoms with van der Waals surface area (Å²) >= 11 is 0. The van der Waals surface area contributed by atoms with E-state index in [1.54, 1.807) is 6.26 Å². The normalized spacial score (nSPS) is 15.1. The van der Waals surface area contributed by atoms with Gasteiger partial charge in [0.05, 0.1) is 12.3 Å². The summed E-state index contributed by atoms with van der Waals surface area (Å²) in [5.74, 6) is 0.988. The van der Waals surface area contributed by atoms with E-state index < -0.39 is 0 Å². The molecule has 2 N–H and O–H groups in total. The Morgan fingerprint density at radius 1 is 1.21 bits per heavy atom. The number of nitrogens with two attached hydrogens (primary N) is 1. The predicted molar refractivity (Wildman–Crippen MR) is 80.1 cm³/mol. The maximum absolute atomic E-state index is 6.33. The highest BCUT2D eigenvalue weighted by Crippen LogP contribution is 2.25. The van der Waals surface area contributed by atoms with Gasteiger partial charge in [-0.25, -0.2) is 0 Å². The molecule has 0 bridgehead atoms. The van der Waals surface area contributed by atoms with Gasteiger partial charge in [0.2, 0.25) is 0 Å². The van der Waals surface area contributed by atoms with Gasteiger partial charge in [0.25, 0.3) is 0 Å². The van der Waals surface area contributed by atoms with Gasteiger partial charge in [-0.1, -0.05) is 13.8 Å². The standard InChI is InChI=1S/C15H29N3O/c1-5-9-18(11-10-17(3)4)15(13(16)6-2)14-8-7-12-19-14/h7-8,12-13,15H,5-6,9-11,16H2,1-4H3. The van der Waals surface area contributed by atoms with E-state index in [2.05, 4.69) is 37.7 Å². The molecule has 2 unspecified atom stereocenters. The second kappa shape index (κ2) is 8.35. The molecule has 1 rings (SSSR count). The summed E-state index contributed by atoms with van der Waals surface area (Å²) in [5, 5.41) is 0. The van der Waals surface area contributed by atoms with Crippen molar-refractivity contribution in [1.82, 2.24) is 9.80 Å². The molecule has 0 aliphatic heterocycles. The van der Waals surface area contributed by atoms with Crippen LogP contribution in [-0.2, 0) is 0 Å². The molecule has 0 amide bonds. The van der Waals surface area contributed by atoms with Crippen molar-refractivity contribution in [2.24, 2.45) is 5.73 Å². The number of rotatable bonds is 9. The minimum Gasteiger partial charge on any atom is -0.468 e. The molecule has 0 aliphatic rings. The topological polar surface area (TPSA) is 45.6 Å². The maximum atomic E-state index is 6.33. The van der Waals surface area contributed by atoms with Crippen molar-refractivity contribution in [2.75, 3.05) is 33.7 Å². The van der Waals surface area contributed by atoms with E-state index in [-0.39, 0.29) is 12.1 Å². The first-order valence-electron chi connectivity index (χ1n) is 7.27. The molecular formula is C15H29N3O. The van der Waals surface area contributed by atoms with Crippen molar-refractivity contribution in [2.45, 2.75) is 38.8 Å². The van der Waals surface area contributed by atoms with Gasteiger partial charge in [-0.15, -0.1) is 0 Å². The van der Waals surface area contributed by atoms with Crippen LogP contribution in [0, 0.1) is 0 Å². The van der Waals surface area contributed by atoms with Gasteiger partial charge in [-0.3, -0.25) is 4.90 Å². The molecule has 0 aliphatic carbocycles. The average Bonchev–Trinajstić information content (AvgIpc) is 2.89. The average molecular weight is 267 g/mol. The Morgan fingerprint density at radius 3 is 2.42 bits per heavy atom. The third-order valence-corrected chi connectivity index (χ3v) is 3.45. The molecule has 1 aromatic rings. The summed E-state index contributed by atoms with van der Waals surface area (Å²) in [7, 11) is 4.21. The Hall–Kier alpha value is -0.840. The number of likely N-dealkylation sites (N-methyl/N-ethyl adjacent to an activating group) is 1. The van der Waals surface area contributed by atoms with Crippen molar-refractivity contribution in [1.29, 1.82) is 0 Å². The fourth-order valence-electron chi connectivity index (χ4n) is 2.35. The van der Waals surface area contributed by atoms with Crippen molar-refractivity contribution in [3.8, 4) is 0 Å². The van der Waals surface area contributed by atoms with Crippen LogP contribution in [0.1, 0.15) is 38.5 Å². The first-order valence-corrected chi connectivity index (χ1v) is 7.27. The molecule has 0 saturated carbocycles. The molecule has 0 spiro atoms. The largest absolute Gasteiger partial charge is 0.468 e. The van der Waals surface area contributed by atoms with Gasteiger partial charge >= 0.3 is 0 Å². The minimum absolute atomic E-state index is 0.111. The fraction of sp³-hybridized carbons (Fsp3) is 0.733. The zero-order valence-electron chi connectivity index (χ0n) is 12.8. The van der Waals surface area contributed by atoms with Crippen LogP contribution in [0.15, 0.2) is 22.8 Å². The van der Waals surface area contributed by atoms with Crippen molar-refractivity contribution >= 4 is 0 Å². The quantitative estimate of drug-likeness (QED) is 0.746. The Kier molecular flexibility index (Phi) is 7.13. The molecule has 4 heteroatoms. The van der Waals surface area contributed by atoms with Gasteiger partial charge in [0.1, 0.15) is 5.76 Å². The van der Waals surface area contributed by atoms with Crippen molar-refractivity contribution in [3.63, 3.8) is 0 Å². The molecular weight excluding hydrogens is 238 g/mol. The monoisotopic (exact) mass is 267 g/mol. The van der Waals surface area contributed by atoms with E-state index in [1.807, 2.05) is 12.1 Å². The molecule has 0 saturated heterocycles. The lowest BCUT2D eigenvalue weighted by atomic mass is 10.0. The number of hydrogen-bond donors (Lipinski definition) is 1. The summed E-state index contributed by atoms with van der Waals surface area (Å²) in [5.41, 5.74) is 6.33. The van der Waals surface area contributed by atoms with Crippen LogP contribution in [0.4, 0.5) is 0 Å². The van der Waals surface area contributed by atoms with E-state index in [9.17, 15) is 0 Å². The van der Waals surface area contributed by atoms with Gasteiger partial charge in [0.15, 0.2) is 0 Å². The van der Waals surface area contributed by atoms with E-state index in [1.165, 1.54) is 0 Å². The van der Waals surface area contributed by atoms with E-state index in [0.29, 0.717) is 0 Å². The molecule has 4 nitrogen and oxygen atoms in total. The first kappa shape index (κ1) is 16.2.